The summed E-state index contributed by atoms with van der Waals surface area (Å²) in [6.45, 7) is 3.77. The first-order valence-corrected chi connectivity index (χ1v) is 5.29. The van der Waals surface area contributed by atoms with Gasteiger partial charge in [-0.3, -0.25) is 4.79 Å². The molecular weight excluding hydrogens is 196 g/mol. The molecule has 1 aliphatic rings. The minimum atomic E-state index is -0.761. The maximum absolute atomic E-state index is 11.3. The Balaban J connectivity index is 2.30. The first-order chi connectivity index (χ1) is 6.99. The number of carboxylic acids is 1. The standard InChI is InChI=1S/C10H18N2O3/c1-6(2)11-10(15)12-8-4-3-7(5-8)9(13)14/h6-8H,3-5H2,1-2H3,(H,13,14)(H2,11,12,15)/t7-,8+/m1/s1. The van der Waals surface area contributed by atoms with E-state index in [1.54, 1.807) is 0 Å². The van der Waals surface area contributed by atoms with Crippen LogP contribution < -0.4 is 10.6 Å². The number of urea groups is 1. The van der Waals surface area contributed by atoms with Crippen molar-refractivity contribution in [2.45, 2.75) is 45.2 Å². The van der Waals surface area contributed by atoms with Gasteiger partial charge >= 0.3 is 12.0 Å². The number of carbonyl (C=O) groups is 2. The van der Waals surface area contributed by atoms with Crippen LogP contribution in [-0.4, -0.2) is 29.2 Å². The van der Waals surface area contributed by atoms with Crippen LogP contribution in [0.25, 0.3) is 0 Å². The van der Waals surface area contributed by atoms with Crippen LogP contribution in [0.4, 0.5) is 4.79 Å². The Bertz CT molecular complexity index is 253. The fourth-order valence-electron chi connectivity index (χ4n) is 1.83. The second-order valence-corrected chi connectivity index (χ2v) is 4.32. The van der Waals surface area contributed by atoms with Gasteiger partial charge in [0.1, 0.15) is 0 Å². The zero-order chi connectivity index (χ0) is 11.4. The van der Waals surface area contributed by atoms with Crippen molar-refractivity contribution >= 4 is 12.0 Å². The van der Waals surface area contributed by atoms with E-state index < -0.39 is 5.97 Å². The molecule has 2 amide bonds. The van der Waals surface area contributed by atoms with Gasteiger partial charge in [0.25, 0.3) is 0 Å². The van der Waals surface area contributed by atoms with Crippen molar-refractivity contribution in [2.24, 2.45) is 5.92 Å². The monoisotopic (exact) mass is 214 g/mol. The summed E-state index contributed by atoms with van der Waals surface area (Å²) in [4.78, 5) is 22.0. The summed E-state index contributed by atoms with van der Waals surface area (Å²) < 4.78 is 0. The molecule has 15 heavy (non-hydrogen) atoms. The van der Waals surface area contributed by atoms with Crippen LogP contribution in [0.5, 0.6) is 0 Å². The number of nitrogens with one attached hydrogen (secondary N) is 2. The molecular formula is C10H18N2O3. The van der Waals surface area contributed by atoms with Crippen molar-refractivity contribution in [2.75, 3.05) is 0 Å². The molecule has 2 atom stereocenters. The van der Waals surface area contributed by atoms with Crippen molar-refractivity contribution in [1.29, 1.82) is 0 Å². The van der Waals surface area contributed by atoms with Crippen LogP contribution in [0.3, 0.4) is 0 Å². The Kier molecular flexibility index (Phi) is 3.94. The summed E-state index contributed by atoms with van der Waals surface area (Å²) in [5, 5.41) is 14.3. The van der Waals surface area contributed by atoms with Gasteiger partial charge in [-0.15, -0.1) is 0 Å². The molecule has 0 saturated heterocycles. The van der Waals surface area contributed by atoms with Gasteiger partial charge < -0.3 is 15.7 Å². The topological polar surface area (TPSA) is 78.4 Å². The third-order valence-corrected chi connectivity index (χ3v) is 2.54. The molecule has 3 N–H and O–H groups in total. The van der Waals surface area contributed by atoms with E-state index in [1.807, 2.05) is 13.8 Å². The van der Waals surface area contributed by atoms with Gasteiger partial charge in [0.15, 0.2) is 0 Å². The predicted molar refractivity (Wildman–Crippen MR) is 55.6 cm³/mol. The Morgan fingerprint density at radius 1 is 1.33 bits per heavy atom. The molecule has 0 radical (unpaired) electrons. The predicted octanol–water partition coefficient (Wildman–Crippen LogP) is 0.947. The van der Waals surface area contributed by atoms with E-state index >= 15 is 0 Å². The summed E-state index contributed by atoms with van der Waals surface area (Å²) in [6, 6.07) is -0.104. The van der Waals surface area contributed by atoms with Crippen molar-refractivity contribution < 1.29 is 14.7 Å². The number of amides is 2. The Morgan fingerprint density at radius 2 is 2.00 bits per heavy atom. The average Bonchev–Trinajstić information content (AvgIpc) is 2.50. The summed E-state index contributed by atoms with van der Waals surface area (Å²) in [7, 11) is 0. The van der Waals surface area contributed by atoms with E-state index in [1.165, 1.54) is 0 Å². The molecule has 0 aliphatic heterocycles. The van der Waals surface area contributed by atoms with Gasteiger partial charge in [-0.05, 0) is 33.1 Å². The van der Waals surface area contributed by atoms with Crippen LogP contribution in [0.1, 0.15) is 33.1 Å². The molecule has 0 aromatic heterocycles. The number of rotatable bonds is 3. The third kappa shape index (κ3) is 3.77. The summed E-state index contributed by atoms with van der Waals surface area (Å²) in [5.74, 6) is -1.06. The van der Waals surface area contributed by atoms with Gasteiger partial charge in [-0.2, -0.15) is 0 Å². The molecule has 0 spiro atoms. The molecule has 0 aromatic carbocycles. The molecule has 1 aliphatic carbocycles. The fourth-order valence-corrected chi connectivity index (χ4v) is 1.83. The zero-order valence-corrected chi connectivity index (χ0v) is 9.12. The summed E-state index contributed by atoms with van der Waals surface area (Å²) >= 11 is 0. The smallest absolute Gasteiger partial charge is 0.315 e. The van der Waals surface area contributed by atoms with Crippen LogP contribution in [-0.2, 0) is 4.79 Å². The van der Waals surface area contributed by atoms with E-state index in [0.29, 0.717) is 12.8 Å². The number of hydrogen-bond donors (Lipinski definition) is 3. The molecule has 5 nitrogen and oxygen atoms in total. The van der Waals surface area contributed by atoms with Crippen LogP contribution in [0.15, 0.2) is 0 Å². The first-order valence-electron chi connectivity index (χ1n) is 5.29. The molecule has 1 fully saturated rings. The van der Waals surface area contributed by atoms with Crippen molar-refractivity contribution in [3.05, 3.63) is 0 Å². The fraction of sp³-hybridized carbons (Fsp3) is 0.800. The zero-order valence-electron chi connectivity index (χ0n) is 9.12. The van der Waals surface area contributed by atoms with Crippen LogP contribution in [0, 0.1) is 5.92 Å². The number of carbonyl (C=O) groups excluding carboxylic acids is 1. The van der Waals surface area contributed by atoms with Crippen molar-refractivity contribution in [3.8, 4) is 0 Å². The number of hydrogen-bond acceptors (Lipinski definition) is 2. The highest BCUT2D eigenvalue weighted by atomic mass is 16.4. The van der Waals surface area contributed by atoms with E-state index in [-0.39, 0.29) is 24.0 Å². The van der Waals surface area contributed by atoms with E-state index in [0.717, 1.165) is 6.42 Å². The minimum absolute atomic E-state index is 0.00449. The lowest BCUT2D eigenvalue weighted by molar-refractivity contribution is -0.141. The molecule has 1 saturated carbocycles. The lowest BCUT2D eigenvalue weighted by atomic mass is 10.1. The lowest BCUT2D eigenvalue weighted by Crippen LogP contribution is -2.43. The Labute approximate surface area is 89.2 Å². The van der Waals surface area contributed by atoms with Crippen LogP contribution in [0.2, 0.25) is 0 Å². The largest absolute Gasteiger partial charge is 0.481 e. The minimum Gasteiger partial charge on any atom is -0.481 e. The van der Waals surface area contributed by atoms with E-state index in [4.69, 9.17) is 5.11 Å². The Morgan fingerprint density at radius 3 is 2.47 bits per heavy atom. The highest BCUT2D eigenvalue weighted by Crippen LogP contribution is 2.25. The number of carboxylic acid groups (broad SMARTS) is 1. The molecule has 0 aromatic rings. The molecule has 0 bridgehead atoms. The molecule has 5 heteroatoms. The quantitative estimate of drug-likeness (QED) is 0.654. The van der Waals surface area contributed by atoms with Gasteiger partial charge in [-0.1, -0.05) is 0 Å². The maximum atomic E-state index is 11.3. The number of aliphatic carboxylic acids is 1. The lowest BCUT2D eigenvalue weighted by Gasteiger charge is -2.15. The molecule has 86 valence electrons. The second kappa shape index (κ2) is 5.00. The van der Waals surface area contributed by atoms with Gasteiger partial charge in [0.2, 0.25) is 0 Å². The van der Waals surface area contributed by atoms with Gasteiger partial charge in [-0.25, -0.2) is 4.79 Å². The highest BCUT2D eigenvalue weighted by Gasteiger charge is 2.30. The summed E-state index contributed by atoms with van der Waals surface area (Å²) in [6.07, 6.45) is 1.95. The van der Waals surface area contributed by atoms with Crippen molar-refractivity contribution in [3.63, 3.8) is 0 Å². The highest BCUT2D eigenvalue weighted by molar-refractivity contribution is 5.75. The maximum Gasteiger partial charge on any atom is 0.315 e. The normalized spacial score (nSPS) is 25.3. The van der Waals surface area contributed by atoms with Gasteiger partial charge in [0, 0.05) is 12.1 Å². The van der Waals surface area contributed by atoms with E-state index in [2.05, 4.69) is 10.6 Å². The second-order valence-electron chi connectivity index (χ2n) is 4.32. The molecule has 0 unspecified atom stereocenters. The van der Waals surface area contributed by atoms with E-state index in [9.17, 15) is 9.59 Å². The van der Waals surface area contributed by atoms with Crippen molar-refractivity contribution in [1.82, 2.24) is 10.6 Å². The molecule has 0 heterocycles. The van der Waals surface area contributed by atoms with Crippen LogP contribution >= 0.6 is 0 Å². The average molecular weight is 214 g/mol. The SMILES string of the molecule is CC(C)NC(=O)N[C@H]1CC[C@@H](C(=O)O)C1. The molecule has 1 rings (SSSR count). The Hall–Kier alpha value is -1.26. The summed E-state index contributed by atoms with van der Waals surface area (Å²) in [5.41, 5.74) is 0. The third-order valence-electron chi connectivity index (χ3n) is 2.54. The first kappa shape index (κ1) is 11.8. The van der Waals surface area contributed by atoms with Gasteiger partial charge in [0.05, 0.1) is 5.92 Å².